The van der Waals surface area contributed by atoms with Crippen LogP contribution in [0, 0.1) is 0 Å². The Hall–Kier alpha value is -1.26. The highest BCUT2D eigenvalue weighted by atomic mass is 16.5. The van der Waals surface area contributed by atoms with E-state index in [1.54, 1.807) is 0 Å². The first-order valence-electron chi connectivity index (χ1n) is 7.51. The lowest BCUT2D eigenvalue weighted by atomic mass is 10.2. The van der Waals surface area contributed by atoms with Crippen LogP contribution in [0.15, 0.2) is 24.3 Å². The quantitative estimate of drug-likeness (QED) is 0.598. The molecule has 0 aliphatic rings. The molecule has 4 nitrogen and oxygen atoms in total. The van der Waals surface area contributed by atoms with Crippen LogP contribution in [0.3, 0.4) is 0 Å². The second-order valence-electron chi connectivity index (χ2n) is 4.54. The molecule has 0 amide bonds. The van der Waals surface area contributed by atoms with E-state index in [4.69, 9.17) is 19.9 Å². The molecule has 0 unspecified atom stereocenters. The van der Waals surface area contributed by atoms with Crippen molar-refractivity contribution in [2.75, 3.05) is 33.0 Å². The Morgan fingerprint density at radius 1 is 0.850 bits per heavy atom. The molecule has 114 valence electrons. The molecule has 0 saturated carbocycles. The normalized spacial score (nSPS) is 10.5. The Morgan fingerprint density at radius 2 is 1.55 bits per heavy atom. The second-order valence-corrected chi connectivity index (χ2v) is 4.54. The number of hydrogen-bond acceptors (Lipinski definition) is 4. The molecule has 2 N–H and O–H groups in total. The van der Waals surface area contributed by atoms with Crippen LogP contribution in [0.2, 0.25) is 0 Å². The van der Waals surface area contributed by atoms with Gasteiger partial charge in [0.1, 0.15) is 0 Å². The lowest BCUT2D eigenvalue weighted by Gasteiger charge is -2.11. The Morgan fingerprint density at radius 3 is 2.25 bits per heavy atom. The molecule has 4 heteroatoms. The van der Waals surface area contributed by atoms with Crippen molar-refractivity contribution < 1.29 is 14.2 Å². The molecule has 0 aliphatic heterocycles. The van der Waals surface area contributed by atoms with Crippen molar-refractivity contribution in [2.45, 2.75) is 32.6 Å². The topological polar surface area (TPSA) is 53.7 Å². The molecule has 1 aromatic rings. The number of para-hydroxylation sites is 2. The van der Waals surface area contributed by atoms with Gasteiger partial charge in [0.2, 0.25) is 0 Å². The van der Waals surface area contributed by atoms with E-state index in [1.807, 2.05) is 31.2 Å². The summed E-state index contributed by atoms with van der Waals surface area (Å²) in [7, 11) is 0. The predicted molar refractivity (Wildman–Crippen MR) is 81.4 cm³/mol. The molecular weight excluding hydrogens is 254 g/mol. The first-order chi connectivity index (χ1) is 9.88. The molecule has 1 aromatic carbocycles. The third-order valence-corrected chi connectivity index (χ3v) is 2.83. The van der Waals surface area contributed by atoms with Gasteiger partial charge in [-0.2, -0.15) is 0 Å². The highest BCUT2D eigenvalue weighted by molar-refractivity contribution is 5.39. The minimum atomic E-state index is 0.645. The summed E-state index contributed by atoms with van der Waals surface area (Å²) in [4.78, 5) is 0. The fourth-order valence-electron chi connectivity index (χ4n) is 1.81. The van der Waals surface area contributed by atoms with Crippen molar-refractivity contribution in [3.8, 4) is 11.5 Å². The Labute approximate surface area is 122 Å². The van der Waals surface area contributed by atoms with Gasteiger partial charge in [-0.1, -0.05) is 12.1 Å². The van der Waals surface area contributed by atoms with Gasteiger partial charge in [0, 0.05) is 19.6 Å². The van der Waals surface area contributed by atoms with Crippen molar-refractivity contribution >= 4 is 0 Å². The largest absolute Gasteiger partial charge is 0.490 e. The number of hydrogen-bond donors (Lipinski definition) is 1. The lowest BCUT2D eigenvalue weighted by molar-refractivity contribution is 0.115. The van der Waals surface area contributed by atoms with Crippen LogP contribution < -0.4 is 15.2 Å². The van der Waals surface area contributed by atoms with Crippen LogP contribution in [0.1, 0.15) is 32.6 Å². The monoisotopic (exact) mass is 281 g/mol. The first kappa shape index (κ1) is 16.8. The second kappa shape index (κ2) is 11.6. The third-order valence-electron chi connectivity index (χ3n) is 2.83. The first-order valence-corrected chi connectivity index (χ1v) is 7.51. The molecule has 0 heterocycles. The van der Waals surface area contributed by atoms with Gasteiger partial charge in [-0.05, 0) is 44.9 Å². The van der Waals surface area contributed by atoms with Gasteiger partial charge in [0.05, 0.1) is 13.2 Å². The average Bonchev–Trinajstić information content (AvgIpc) is 2.47. The molecule has 0 radical (unpaired) electrons. The van der Waals surface area contributed by atoms with Gasteiger partial charge in [-0.15, -0.1) is 0 Å². The van der Waals surface area contributed by atoms with Crippen LogP contribution >= 0.6 is 0 Å². The van der Waals surface area contributed by atoms with Crippen molar-refractivity contribution in [2.24, 2.45) is 5.73 Å². The highest BCUT2D eigenvalue weighted by Gasteiger charge is 2.02. The van der Waals surface area contributed by atoms with E-state index in [2.05, 4.69) is 0 Å². The third kappa shape index (κ3) is 7.36. The maximum absolute atomic E-state index is 5.71. The standard InChI is InChI=1S/C16H27NO3/c1-2-19-15-9-4-5-10-16(15)20-14-8-13-18-12-7-3-6-11-17/h4-5,9-10H,2-3,6-8,11-14,17H2,1H3. The Balaban J connectivity index is 2.06. The van der Waals surface area contributed by atoms with Gasteiger partial charge in [0.15, 0.2) is 11.5 Å². The molecule has 0 atom stereocenters. The lowest BCUT2D eigenvalue weighted by Crippen LogP contribution is -2.05. The number of nitrogens with two attached hydrogens (primary N) is 1. The SMILES string of the molecule is CCOc1ccccc1OCCCOCCCCCN. The summed E-state index contributed by atoms with van der Waals surface area (Å²) in [6, 6.07) is 7.75. The molecule has 0 saturated heterocycles. The Kier molecular flexibility index (Phi) is 9.70. The molecule has 20 heavy (non-hydrogen) atoms. The van der Waals surface area contributed by atoms with Crippen molar-refractivity contribution in [3.05, 3.63) is 24.3 Å². The summed E-state index contributed by atoms with van der Waals surface area (Å²) in [6.45, 7) is 5.58. The molecule has 0 bridgehead atoms. The van der Waals surface area contributed by atoms with E-state index >= 15 is 0 Å². The highest BCUT2D eigenvalue weighted by Crippen LogP contribution is 2.26. The fraction of sp³-hybridized carbons (Fsp3) is 0.625. The van der Waals surface area contributed by atoms with E-state index < -0.39 is 0 Å². The summed E-state index contributed by atoms with van der Waals surface area (Å²) in [5.41, 5.74) is 5.43. The van der Waals surface area contributed by atoms with Crippen LogP contribution in [-0.2, 0) is 4.74 Å². The minimum Gasteiger partial charge on any atom is -0.490 e. The van der Waals surface area contributed by atoms with Crippen molar-refractivity contribution in [1.82, 2.24) is 0 Å². The molecule has 0 aliphatic carbocycles. The van der Waals surface area contributed by atoms with Crippen LogP contribution in [0.5, 0.6) is 11.5 Å². The molecular formula is C16H27NO3. The summed E-state index contributed by atoms with van der Waals surface area (Å²) < 4.78 is 16.8. The minimum absolute atomic E-state index is 0.645. The van der Waals surface area contributed by atoms with Gasteiger partial charge in [-0.25, -0.2) is 0 Å². The average molecular weight is 281 g/mol. The van der Waals surface area contributed by atoms with Gasteiger partial charge >= 0.3 is 0 Å². The molecule has 0 fully saturated rings. The zero-order valence-electron chi connectivity index (χ0n) is 12.5. The smallest absolute Gasteiger partial charge is 0.161 e. The van der Waals surface area contributed by atoms with Gasteiger partial charge < -0.3 is 19.9 Å². The summed E-state index contributed by atoms with van der Waals surface area (Å²) >= 11 is 0. The Bertz CT molecular complexity index is 344. The predicted octanol–water partition coefficient (Wildman–Crippen LogP) is 3.00. The summed E-state index contributed by atoms with van der Waals surface area (Å²) in [5, 5.41) is 0. The van der Waals surface area contributed by atoms with Crippen molar-refractivity contribution in [3.63, 3.8) is 0 Å². The molecule has 0 aromatic heterocycles. The van der Waals surface area contributed by atoms with E-state index in [-0.39, 0.29) is 0 Å². The number of unbranched alkanes of at least 4 members (excludes halogenated alkanes) is 2. The van der Waals surface area contributed by atoms with Gasteiger partial charge in [-0.3, -0.25) is 0 Å². The number of rotatable bonds is 12. The maximum Gasteiger partial charge on any atom is 0.161 e. The zero-order valence-corrected chi connectivity index (χ0v) is 12.5. The van der Waals surface area contributed by atoms with Crippen molar-refractivity contribution in [1.29, 1.82) is 0 Å². The molecule has 0 spiro atoms. The summed E-state index contributed by atoms with van der Waals surface area (Å²) in [5.74, 6) is 1.61. The fourth-order valence-corrected chi connectivity index (χ4v) is 1.81. The van der Waals surface area contributed by atoms with E-state index in [0.717, 1.165) is 56.9 Å². The number of ether oxygens (including phenoxy) is 3. The van der Waals surface area contributed by atoms with Gasteiger partial charge in [0.25, 0.3) is 0 Å². The summed E-state index contributed by atoms with van der Waals surface area (Å²) in [6.07, 6.45) is 4.21. The number of benzene rings is 1. The van der Waals surface area contributed by atoms with E-state index in [9.17, 15) is 0 Å². The maximum atomic E-state index is 5.71. The van der Waals surface area contributed by atoms with Crippen LogP contribution in [0.25, 0.3) is 0 Å². The molecule has 1 rings (SSSR count). The van der Waals surface area contributed by atoms with E-state index in [1.165, 1.54) is 0 Å². The zero-order chi connectivity index (χ0) is 14.5. The van der Waals surface area contributed by atoms with E-state index in [0.29, 0.717) is 13.2 Å². The van der Waals surface area contributed by atoms with Crippen LogP contribution in [0.4, 0.5) is 0 Å². The van der Waals surface area contributed by atoms with Crippen LogP contribution in [-0.4, -0.2) is 33.0 Å².